The molecule has 1 N–H and O–H groups in total. The summed E-state index contributed by atoms with van der Waals surface area (Å²) in [5.74, 6) is -0.200. The summed E-state index contributed by atoms with van der Waals surface area (Å²) in [6.45, 7) is 4.81. The van der Waals surface area contributed by atoms with Crippen LogP contribution in [0, 0.1) is 0 Å². The van der Waals surface area contributed by atoms with E-state index in [4.69, 9.17) is 4.74 Å². The van der Waals surface area contributed by atoms with Gasteiger partial charge in [0.2, 0.25) is 0 Å². The van der Waals surface area contributed by atoms with Crippen molar-refractivity contribution in [2.75, 3.05) is 13.2 Å². The summed E-state index contributed by atoms with van der Waals surface area (Å²) in [5.41, 5.74) is 1.06. The fourth-order valence-corrected chi connectivity index (χ4v) is 1.37. The zero-order chi connectivity index (χ0) is 12.5. The van der Waals surface area contributed by atoms with Gasteiger partial charge in [0, 0.05) is 18.4 Å². The van der Waals surface area contributed by atoms with Gasteiger partial charge < -0.3 is 10.1 Å². The molecule has 1 atom stereocenters. The summed E-state index contributed by atoms with van der Waals surface area (Å²) in [5, 5.41) is 3.11. The summed E-state index contributed by atoms with van der Waals surface area (Å²) in [6.07, 6.45) is 5.48. The fourth-order valence-electron chi connectivity index (χ4n) is 1.37. The van der Waals surface area contributed by atoms with Crippen molar-refractivity contribution < 1.29 is 9.53 Å². The minimum absolute atomic E-state index is 0.0995. The summed E-state index contributed by atoms with van der Waals surface area (Å²) >= 11 is 0. The molecule has 4 nitrogen and oxygen atoms in total. The maximum Gasteiger partial charge on any atom is 0.319 e. The molecule has 1 rings (SSSR count). The Bertz CT molecular complexity index is 327. The number of hydrogen-bond acceptors (Lipinski definition) is 4. The van der Waals surface area contributed by atoms with Gasteiger partial charge in [0.25, 0.3) is 0 Å². The Labute approximate surface area is 102 Å². The van der Waals surface area contributed by atoms with Crippen LogP contribution < -0.4 is 5.32 Å². The summed E-state index contributed by atoms with van der Waals surface area (Å²) in [6, 6.07) is 3.96. The Morgan fingerprint density at radius 3 is 3.06 bits per heavy atom. The number of unbranched alkanes of at least 4 members (excludes halogenated alkanes) is 1. The number of carbonyl (C=O) groups is 1. The van der Waals surface area contributed by atoms with Crippen molar-refractivity contribution in [3.63, 3.8) is 0 Å². The van der Waals surface area contributed by atoms with Crippen LogP contribution in [0.4, 0.5) is 0 Å². The Morgan fingerprint density at radius 2 is 2.41 bits per heavy atom. The molecule has 0 bridgehead atoms. The van der Waals surface area contributed by atoms with Crippen molar-refractivity contribution in [3.8, 4) is 0 Å². The van der Waals surface area contributed by atoms with Crippen LogP contribution >= 0.6 is 0 Å². The summed E-state index contributed by atoms with van der Waals surface area (Å²) in [4.78, 5) is 15.4. The van der Waals surface area contributed by atoms with Gasteiger partial charge in [-0.3, -0.25) is 9.78 Å². The molecule has 0 amide bonds. The molecule has 0 aliphatic heterocycles. The molecule has 1 aromatic rings. The lowest BCUT2D eigenvalue weighted by molar-refractivity contribution is -0.142. The lowest BCUT2D eigenvalue weighted by Gasteiger charge is -2.13. The highest BCUT2D eigenvalue weighted by atomic mass is 16.5. The van der Waals surface area contributed by atoms with E-state index in [1.165, 1.54) is 0 Å². The molecule has 17 heavy (non-hydrogen) atoms. The van der Waals surface area contributed by atoms with Crippen molar-refractivity contribution in [1.82, 2.24) is 10.3 Å². The third-order valence-corrected chi connectivity index (χ3v) is 2.50. The molecule has 0 saturated heterocycles. The van der Waals surface area contributed by atoms with E-state index in [1.54, 1.807) is 12.4 Å². The van der Waals surface area contributed by atoms with Gasteiger partial charge >= 0.3 is 5.97 Å². The lowest BCUT2D eigenvalue weighted by atomic mass is 10.1. The van der Waals surface area contributed by atoms with Crippen molar-refractivity contribution in [1.29, 1.82) is 0 Å². The van der Waals surface area contributed by atoms with Gasteiger partial charge in [-0.25, -0.2) is 0 Å². The average Bonchev–Trinajstić information content (AvgIpc) is 2.37. The number of nitrogens with zero attached hydrogens (tertiary/aromatic N) is 1. The number of esters is 1. The Morgan fingerprint density at radius 1 is 1.59 bits per heavy atom. The predicted octanol–water partition coefficient (Wildman–Crippen LogP) is 2.08. The molecule has 0 aromatic carbocycles. The first-order valence-electron chi connectivity index (χ1n) is 6.03. The van der Waals surface area contributed by atoms with Gasteiger partial charge in [-0.1, -0.05) is 19.4 Å². The molecule has 4 heteroatoms. The Balaban J connectivity index is 2.24. The Kier molecular flexibility index (Phi) is 6.25. The molecular formula is C13H20N2O2. The van der Waals surface area contributed by atoms with Crippen molar-refractivity contribution in [3.05, 3.63) is 30.1 Å². The van der Waals surface area contributed by atoms with E-state index in [0.717, 1.165) is 18.4 Å². The number of aromatic nitrogens is 1. The third-order valence-electron chi connectivity index (χ3n) is 2.50. The average molecular weight is 236 g/mol. The van der Waals surface area contributed by atoms with Crippen molar-refractivity contribution in [2.24, 2.45) is 0 Å². The largest absolute Gasteiger partial charge is 0.465 e. The standard InChI is InChI=1S/C13H20N2O2/c1-3-4-8-17-13(16)10-15-11(2)12-6-5-7-14-9-12/h5-7,9,11,15H,3-4,8,10H2,1-2H3/t11-/m0/s1. The van der Waals surface area contributed by atoms with Crippen LogP contribution in [0.2, 0.25) is 0 Å². The van der Waals surface area contributed by atoms with Crippen LogP contribution in [0.3, 0.4) is 0 Å². The van der Waals surface area contributed by atoms with E-state index in [-0.39, 0.29) is 18.6 Å². The molecule has 0 spiro atoms. The van der Waals surface area contributed by atoms with Gasteiger partial charge in [-0.2, -0.15) is 0 Å². The number of pyridine rings is 1. The first-order chi connectivity index (χ1) is 8.24. The molecular weight excluding hydrogens is 216 g/mol. The Hall–Kier alpha value is -1.42. The number of carbonyl (C=O) groups excluding carboxylic acids is 1. The van der Waals surface area contributed by atoms with E-state index in [2.05, 4.69) is 17.2 Å². The number of rotatable bonds is 7. The highest BCUT2D eigenvalue weighted by Gasteiger charge is 2.07. The molecule has 94 valence electrons. The maximum atomic E-state index is 11.4. The molecule has 0 radical (unpaired) electrons. The monoisotopic (exact) mass is 236 g/mol. The second-order valence-electron chi connectivity index (χ2n) is 3.96. The number of ether oxygens (including phenoxy) is 1. The molecule has 1 heterocycles. The van der Waals surface area contributed by atoms with Crippen LogP contribution in [0.5, 0.6) is 0 Å². The van der Waals surface area contributed by atoms with Gasteiger partial charge in [0.1, 0.15) is 0 Å². The van der Waals surface area contributed by atoms with Gasteiger partial charge in [0.15, 0.2) is 0 Å². The molecule has 0 aliphatic rings. The molecule has 0 aliphatic carbocycles. The van der Waals surface area contributed by atoms with Gasteiger partial charge in [0.05, 0.1) is 13.2 Å². The van der Waals surface area contributed by atoms with Crippen molar-refractivity contribution >= 4 is 5.97 Å². The van der Waals surface area contributed by atoms with E-state index in [0.29, 0.717) is 6.61 Å². The van der Waals surface area contributed by atoms with Crippen LogP contribution in [-0.2, 0) is 9.53 Å². The smallest absolute Gasteiger partial charge is 0.319 e. The fraction of sp³-hybridized carbons (Fsp3) is 0.538. The predicted molar refractivity (Wildman–Crippen MR) is 66.5 cm³/mol. The number of hydrogen-bond donors (Lipinski definition) is 1. The van der Waals surface area contributed by atoms with Gasteiger partial charge in [-0.05, 0) is 25.0 Å². The zero-order valence-corrected chi connectivity index (χ0v) is 10.5. The van der Waals surface area contributed by atoms with E-state index in [9.17, 15) is 4.79 Å². The first kappa shape index (κ1) is 13.6. The minimum atomic E-state index is -0.200. The highest BCUT2D eigenvalue weighted by Crippen LogP contribution is 2.08. The molecule has 0 fully saturated rings. The SMILES string of the molecule is CCCCOC(=O)CN[C@@H](C)c1cccnc1. The summed E-state index contributed by atoms with van der Waals surface area (Å²) in [7, 11) is 0. The van der Waals surface area contributed by atoms with Crippen LogP contribution in [0.25, 0.3) is 0 Å². The quantitative estimate of drug-likeness (QED) is 0.581. The normalized spacial score (nSPS) is 12.1. The van der Waals surface area contributed by atoms with Crippen LogP contribution in [0.15, 0.2) is 24.5 Å². The maximum absolute atomic E-state index is 11.4. The van der Waals surface area contributed by atoms with Crippen LogP contribution in [0.1, 0.15) is 38.3 Å². The van der Waals surface area contributed by atoms with E-state index >= 15 is 0 Å². The second-order valence-corrected chi connectivity index (χ2v) is 3.96. The second kappa shape index (κ2) is 7.79. The summed E-state index contributed by atoms with van der Waals surface area (Å²) < 4.78 is 5.05. The zero-order valence-electron chi connectivity index (χ0n) is 10.5. The topological polar surface area (TPSA) is 51.2 Å². The third kappa shape index (κ3) is 5.45. The molecule has 1 aromatic heterocycles. The van der Waals surface area contributed by atoms with Crippen molar-refractivity contribution in [2.45, 2.75) is 32.7 Å². The van der Waals surface area contributed by atoms with E-state index in [1.807, 2.05) is 19.1 Å². The molecule has 0 unspecified atom stereocenters. The number of nitrogens with one attached hydrogen (secondary N) is 1. The lowest BCUT2D eigenvalue weighted by Crippen LogP contribution is -2.27. The van der Waals surface area contributed by atoms with Crippen LogP contribution in [-0.4, -0.2) is 24.1 Å². The first-order valence-corrected chi connectivity index (χ1v) is 6.03. The minimum Gasteiger partial charge on any atom is -0.465 e. The molecule has 0 saturated carbocycles. The van der Waals surface area contributed by atoms with E-state index < -0.39 is 0 Å². The highest BCUT2D eigenvalue weighted by molar-refractivity contribution is 5.71. The van der Waals surface area contributed by atoms with Gasteiger partial charge in [-0.15, -0.1) is 0 Å².